The van der Waals surface area contributed by atoms with Crippen LogP contribution >= 0.6 is 0 Å². The zero-order valence-corrected chi connectivity index (χ0v) is 19.4. The summed E-state index contributed by atoms with van der Waals surface area (Å²) < 4.78 is 7.25. The second kappa shape index (κ2) is 10.5. The first-order chi connectivity index (χ1) is 14.9. The maximum Gasteiger partial charge on any atom is 0.337 e. The van der Waals surface area contributed by atoms with Gasteiger partial charge in [-0.25, -0.2) is 4.79 Å². The Morgan fingerprint density at radius 2 is 1.71 bits per heavy atom. The van der Waals surface area contributed by atoms with E-state index < -0.39 is 0 Å². The normalized spacial score (nSPS) is 13.2. The fourth-order valence-electron chi connectivity index (χ4n) is 4.05. The minimum Gasteiger partial charge on any atom is -0.465 e. The Morgan fingerprint density at radius 1 is 0.968 bits per heavy atom. The highest BCUT2D eigenvalue weighted by Gasteiger charge is 2.23. The molecule has 4 nitrogen and oxygen atoms in total. The van der Waals surface area contributed by atoms with Gasteiger partial charge in [0.25, 0.3) is 0 Å². The molecule has 1 unspecified atom stereocenters. The summed E-state index contributed by atoms with van der Waals surface area (Å²) in [5.74, 6) is 0.270. The minimum atomic E-state index is -0.285. The topological polar surface area (TPSA) is 35.7 Å². The number of aromatic nitrogens is 1. The first-order valence-electron chi connectivity index (χ1n) is 11.1. The lowest BCUT2D eigenvalue weighted by Crippen LogP contribution is -3.13. The second-order valence-corrected chi connectivity index (χ2v) is 8.85. The number of rotatable bonds is 9. The van der Waals surface area contributed by atoms with E-state index in [1.165, 1.54) is 28.8 Å². The number of ether oxygens (including phenoxy) is 1. The highest BCUT2D eigenvalue weighted by atomic mass is 16.5. The quantitative estimate of drug-likeness (QED) is 0.526. The summed E-state index contributed by atoms with van der Waals surface area (Å²) in [4.78, 5) is 13.4. The zero-order chi connectivity index (χ0) is 22.4. The summed E-state index contributed by atoms with van der Waals surface area (Å²) in [6.45, 7) is 11.7. The number of methoxy groups -OCH3 is 1. The summed E-state index contributed by atoms with van der Waals surface area (Å²) in [5.41, 5.74) is 5.70. The van der Waals surface area contributed by atoms with E-state index in [-0.39, 0.29) is 5.97 Å². The van der Waals surface area contributed by atoms with Gasteiger partial charge in [-0.05, 0) is 43.7 Å². The van der Waals surface area contributed by atoms with Crippen molar-refractivity contribution in [1.82, 2.24) is 4.57 Å². The molecule has 0 radical (unpaired) electrons. The van der Waals surface area contributed by atoms with Crippen molar-refractivity contribution in [3.63, 3.8) is 0 Å². The van der Waals surface area contributed by atoms with Crippen LogP contribution in [0.4, 0.5) is 0 Å². The first-order valence-corrected chi connectivity index (χ1v) is 11.1. The average Bonchev–Trinajstić information content (AvgIpc) is 3.18. The van der Waals surface area contributed by atoms with Gasteiger partial charge in [-0.1, -0.05) is 55.8 Å². The highest BCUT2D eigenvalue weighted by molar-refractivity contribution is 5.89. The number of quaternary nitrogens is 1. The Balaban J connectivity index is 1.81. The molecule has 0 bridgehead atoms. The van der Waals surface area contributed by atoms with Crippen molar-refractivity contribution in [2.45, 2.75) is 53.4 Å². The van der Waals surface area contributed by atoms with Crippen LogP contribution in [0.25, 0.3) is 0 Å². The molecule has 0 saturated heterocycles. The van der Waals surface area contributed by atoms with Crippen molar-refractivity contribution in [1.29, 1.82) is 0 Å². The number of nitrogens with one attached hydrogen (secondary N) is 1. The number of aryl methyl sites for hydroxylation is 1. The molecule has 0 aliphatic carbocycles. The molecule has 0 saturated carbocycles. The zero-order valence-electron chi connectivity index (χ0n) is 19.4. The molecule has 0 aliphatic heterocycles. The Morgan fingerprint density at radius 3 is 2.42 bits per heavy atom. The van der Waals surface area contributed by atoms with Crippen LogP contribution < -0.4 is 4.90 Å². The van der Waals surface area contributed by atoms with Gasteiger partial charge in [0.1, 0.15) is 13.1 Å². The van der Waals surface area contributed by atoms with Gasteiger partial charge in [0.05, 0.1) is 24.4 Å². The van der Waals surface area contributed by atoms with Gasteiger partial charge in [-0.2, -0.15) is 0 Å². The minimum absolute atomic E-state index is 0.285. The van der Waals surface area contributed by atoms with Crippen molar-refractivity contribution >= 4 is 5.97 Å². The van der Waals surface area contributed by atoms with Crippen LogP contribution in [0.1, 0.15) is 53.5 Å². The Labute approximate surface area is 186 Å². The third-order valence-electron chi connectivity index (χ3n) is 6.19. The lowest BCUT2D eigenvalue weighted by Gasteiger charge is -2.29. The molecule has 0 fully saturated rings. The Kier molecular flexibility index (Phi) is 7.69. The monoisotopic (exact) mass is 419 g/mol. The lowest BCUT2D eigenvalue weighted by molar-refractivity contribution is -0.954. The van der Waals surface area contributed by atoms with E-state index in [0.717, 1.165) is 25.2 Å². The molecular formula is C27H35N2O2+. The first kappa shape index (κ1) is 22.8. The number of hydrogen-bond acceptors (Lipinski definition) is 2. The molecule has 2 atom stereocenters. The molecule has 2 aromatic carbocycles. The summed E-state index contributed by atoms with van der Waals surface area (Å²) in [7, 11) is 1.43. The predicted molar refractivity (Wildman–Crippen MR) is 125 cm³/mol. The molecule has 1 N–H and O–H groups in total. The standard InChI is InChI=1S/C27H34N2O2/c1-20(2)22(4)29(18-24-11-7-12-25(16-24)27(30)31-5)19-26-13-8-14-28(26)17-23-10-6-9-21(3)15-23/h6-16,20,22H,17-19H2,1-5H3/p+1/t22-/m1/s1. The van der Waals surface area contributed by atoms with Crippen molar-refractivity contribution < 1.29 is 14.4 Å². The Hall–Kier alpha value is -2.85. The highest BCUT2D eigenvalue weighted by Crippen LogP contribution is 2.11. The van der Waals surface area contributed by atoms with Gasteiger partial charge >= 0.3 is 5.97 Å². The van der Waals surface area contributed by atoms with E-state index in [0.29, 0.717) is 17.5 Å². The molecule has 3 aromatic rings. The number of carbonyl (C=O) groups excluding carboxylic acids is 1. The van der Waals surface area contributed by atoms with Crippen LogP contribution in [0, 0.1) is 12.8 Å². The van der Waals surface area contributed by atoms with E-state index in [9.17, 15) is 4.79 Å². The molecule has 4 heteroatoms. The number of nitrogens with zero attached hydrogens (tertiary/aromatic N) is 1. The number of esters is 1. The van der Waals surface area contributed by atoms with Crippen LogP contribution in [0.2, 0.25) is 0 Å². The SMILES string of the molecule is COC(=O)c1cccc(C[NH+](Cc2cccn2Cc2cccc(C)c2)[C@H](C)C(C)C)c1. The molecule has 31 heavy (non-hydrogen) atoms. The Bertz CT molecular complexity index is 1010. The third-order valence-corrected chi connectivity index (χ3v) is 6.19. The van der Waals surface area contributed by atoms with Gasteiger partial charge in [-0.3, -0.25) is 0 Å². The van der Waals surface area contributed by atoms with E-state index in [1.54, 1.807) is 0 Å². The molecular weight excluding hydrogens is 384 g/mol. The lowest BCUT2D eigenvalue weighted by atomic mass is 10.0. The molecule has 3 rings (SSSR count). The molecule has 0 amide bonds. The predicted octanol–water partition coefficient (Wildman–Crippen LogP) is 4.26. The van der Waals surface area contributed by atoms with Gasteiger partial charge in [0.15, 0.2) is 0 Å². The van der Waals surface area contributed by atoms with Gasteiger partial charge < -0.3 is 14.2 Å². The van der Waals surface area contributed by atoms with Crippen molar-refractivity contribution in [2.75, 3.05) is 7.11 Å². The van der Waals surface area contributed by atoms with Crippen LogP contribution in [0.5, 0.6) is 0 Å². The fraction of sp³-hybridized carbons (Fsp3) is 0.370. The maximum atomic E-state index is 12.0. The largest absolute Gasteiger partial charge is 0.465 e. The summed E-state index contributed by atoms with van der Waals surface area (Å²) in [6.07, 6.45) is 2.17. The summed E-state index contributed by atoms with van der Waals surface area (Å²) in [5, 5.41) is 0. The van der Waals surface area contributed by atoms with E-state index in [2.05, 4.69) is 80.9 Å². The van der Waals surface area contributed by atoms with E-state index >= 15 is 0 Å². The molecule has 0 aliphatic rings. The van der Waals surface area contributed by atoms with Gasteiger partial charge in [-0.15, -0.1) is 0 Å². The number of carbonyl (C=O) groups is 1. The average molecular weight is 420 g/mol. The smallest absolute Gasteiger partial charge is 0.337 e. The number of hydrogen-bond donors (Lipinski definition) is 1. The van der Waals surface area contributed by atoms with Crippen molar-refractivity contribution in [2.24, 2.45) is 5.92 Å². The molecule has 164 valence electrons. The van der Waals surface area contributed by atoms with Crippen LogP contribution in [-0.2, 0) is 24.4 Å². The summed E-state index contributed by atoms with van der Waals surface area (Å²) >= 11 is 0. The van der Waals surface area contributed by atoms with Gasteiger partial charge in [0.2, 0.25) is 0 Å². The molecule has 0 spiro atoms. The van der Waals surface area contributed by atoms with Crippen molar-refractivity contribution in [3.05, 3.63) is 94.8 Å². The maximum absolute atomic E-state index is 12.0. The fourth-order valence-corrected chi connectivity index (χ4v) is 4.05. The van der Waals surface area contributed by atoms with Crippen LogP contribution in [0.3, 0.4) is 0 Å². The van der Waals surface area contributed by atoms with E-state index in [1.807, 2.05) is 18.2 Å². The molecule has 1 heterocycles. The van der Waals surface area contributed by atoms with Gasteiger partial charge in [0, 0.05) is 24.2 Å². The number of benzene rings is 2. The second-order valence-electron chi connectivity index (χ2n) is 8.85. The van der Waals surface area contributed by atoms with E-state index in [4.69, 9.17) is 4.74 Å². The molecule has 1 aromatic heterocycles. The van der Waals surface area contributed by atoms with Crippen LogP contribution in [0.15, 0.2) is 66.9 Å². The van der Waals surface area contributed by atoms with Crippen LogP contribution in [-0.4, -0.2) is 23.7 Å². The third kappa shape index (κ3) is 6.08. The van der Waals surface area contributed by atoms with Crippen molar-refractivity contribution in [3.8, 4) is 0 Å². The summed E-state index contributed by atoms with van der Waals surface area (Å²) in [6, 6.07) is 21.4.